The molecule has 2 aliphatic rings. The second-order valence-electron chi connectivity index (χ2n) is 7.40. The first-order chi connectivity index (χ1) is 12.7. The van der Waals surface area contributed by atoms with Crippen molar-refractivity contribution in [1.29, 1.82) is 0 Å². The first kappa shape index (κ1) is 15.4. The van der Waals surface area contributed by atoms with Gasteiger partial charge in [-0.25, -0.2) is 9.97 Å². The third-order valence-electron chi connectivity index (χ3n) is 5.55. The van der Waals surface area contributed by atoms with Crippen molar-refractivity contribution in [3.63, 3.8) is 0 Å². The van der Waals surface area contributed by atoms with Crippen LogP contribution in [0, 0.1) is 12.3 Å². The fourth-order valence-electron chi connectivity index (χ4n) is 3.89. The molecular formula is C18H20N6O2. The average Bonchev–Trinajstić information content (AvgIpc) is 3.06. The van der Waals surface area contributed by atoms with E-state index in [1.165, 1.54) is 6.26 Å². The van der Waals surface area contributed by atoms with Gasteiger partial charge < -0.3 is 19.3 Å². The van der Waals surface area contributed by atoms with Crippen molar-refractivity contribution < 1.29 is 9.32 Å². The molecule has 0 unspecified atom stereocenters. The summed E-state index contributed by atoms with van der Waals surface area (Å²) in [5.74, 6) is 0.948. The van der Waals surface area contributed by atoms with Crippen LogP contribution < -0.4 is 4.90 Å². The number of hydrogen-bond acceptors (Lipinski definition) is 6. The highest BCUT2D eigenvalue weighted by Gasteiger charge is 2.48. The van der Waals surface area contributed by atoms with E-state index in [-0.39, 0.29) is 11.3 Å². The smallest absolute Gasteiger partial charge is 0.259 e. The van der Waals surface area contributed by atoms with Crippen LogP contribution in [0.3, 0.4) is 0 Å². The lowest BCUT2D eigenvalue weighted by molar-refractivity contribution is 0.0739. The van der Waals surface area contributed by atoms with Crippen molar-refractivity contribution in [2.75, 3.05) is 31.1 Å². The van der Waals surface area contributed by atoms with Gasteiger partial charge in [-0.3, -0.25) is 4.79 Å². The number of carbonyl (C=O) groups is 1. The number of amides is 1. The van der Waals surface area contributed by atoms with Crippen LogP contribution in [0.15, 0.2) is 29.4 Å². The summed E-state index contributed by atoms with van der Waals surface area (Å²) in [5.41, 5.74) is 2.21. The molecule has 1 amide bonds. The highest BCUT2D eigenvalue weighted by Crippen LogP contribution is 2.48. The van der Waals surface area contributed by atoms with Crippen molar-refractivity contribution in [2.24, 2.45) is 5.41 Å². The van der Waals surface area contributed by atoms with Crippen LogP contribution in [0.4, 0.5) is 5.82 Å². The Balaban J connectivity index is 1.45. The van der Waals surface area contributed by atoms with Crippen LogP contribution in [0.2, 0.25) is 0 Å². The largest absolute Gasteiger partial charge is 0.364 e. The number of aromatic nitrogens is 4. The first-order valence-electron chi connectivity index (χ1n) is 8.89. The van der Waals surface area contributed by atoms with E-state index in [9.17, 15) is 4.79 Å². The molecule has 3 aromatic rings. The second-order valence-corrected chi connectivity index (χ2v) is 7.40. The molecule has 4 heterocycles. The molecule has 1 saturated carbocycles. The molecule has 8 nitrogen and oxygen atoms in total. The highest BCUT2D eigenvalue weighted by molar-refractivity contribution is 5.95. The average molecular weight is 352 g/mol. The van der Waals surface area contributed by atoms with E-state index >= 15 is 0 Å². The predicted molar refractivity (Wildman–Crippen MR) is 94.9 cm³/mol. The Bertz CT molecular complexity index is 973. The number of hydrogen-bond donors (Lipinski definition) is 1. The lowest BCUT2D eigenvalue weighted by Crippen LogP contribution is -2.36. The summed E-state index contributed by atoms with van der Waals surface area (Å²) in [5, 5.41) is 4.87. The third-order valence-corrected chi connectivity index (χ3v) is 5.55. The number of carbonyl (C=O) groups excluding carboxylic acids is 1. The van der Waals surface area contributed by atoms with Crippen LogP contribution in [0.5, 0.6) is 0 Å². The van der Waals surface area contributed by atoms with Crippen LogP contribution >= 0.6 is 0 Å². The van der Waals surface area contributed by atoms with E-state index in [1.807, 2.05) is 17.2 Å². The summed E-state index contributed by atoms with van der Waals surface area (Å²) in [4.78, 5) is 29.2. The second kappa shape index (κ2) is 5.55. The van der Waals surface area contributed by atoms with Crippen LogP contribution in [0.1, 0.15) is 28.9 Å². The van der Waals surface area contributed by atoms with Crippen molar-refractivity contribution in [3.8, 4) is 0 Å². The monoisotopic (exact) mass is 352 g/mol. The fraction of sp³-hybridized carbons (Fsp3) is 0.444. The Morgan fingerprint density at radius 1 is 1.27 bits per heavy atom. The van der Waals surface area contributed by atoms with Gasteiger partial charge in [-0.05, 0) is 25.8 Å². The van der Waals surface area contributed by atoms with Gasteiger partial charge in [-0.15, -0.1) is 0 Å². The standard InChI is InChI=1S/C18H20N6O2/c1-12-14(8-26-22-12)17(25)24-7-6-23(9-18(10-24)3-4-18)16-13-2-5-19-15(13)20-11-21-16/h2,5,8,11H,3-4,6-7,9-10H2,1H3,(H,19,20,21). The number of aromatic amines is 1. The minimum absolute atomic E-state index is 0.00588. The number of nitrogens with one attached hydrogen (secondary N) is 1. The molecule has 26 heavy (non-hydrogen) atoms. The predicted octanol–water partition coefficient (Wildman–Crippen LogP) is 2.00. The zero-order valence-corrected chi connectivity index (χ0v) is 14.6. The number of nitrogens with zero attached hydrogens (tertiary/aromatic N) is 5. The molecule has 134 valence electrons. The zero-order valence-electron chi connectivity index (χ0n) is 14.6. The Morgan fingerprint density at radius 2 is 2.15 bits per heavy atom. The van der Waals surface area contributed by atoms with E-state index < -0.39 is 0 Å². The molecule has 3 aromatic heterocycles. The van der Waals surface area contributed by atoms with Crippen molar-refractivity contribution >= 4 is 22.8 Å². The molecule has 2 fully saturated rings. The Labute approximate surface area is 150 Å². The molecule has 0 atom stereocenters. The van der Waals surface area contributed by atoms with Crippen LogP contribution in [-0.2, 0) is 0 Å². The molecule has 1 N–H and O–H groups in total. The van der Waals surface area contributed by atoms with Gasteiger partial charge in [0.05, 0.1) is 11.1 Å². The van der Waals surface area contributed by atoms with Crippen LogP contribution in [-0.4, -0.2) is 57.1 Å². The number of fused-ring (bicyclic) bond motifs is 1. The van der Waals surface area contributed by atoms with Gasteiger partial charge in [0.1, 0.15) is 29.6 Å². The summed E-state index contributed by atoms with van der Waals surface area (Å²) in [6.45, 7) is 4.89. The molecule has 1 aliphatic carbocycles. The molecule has 0 bridgehead atoms. The van der Waals surface area contributed by atoms with Crippen LogP contribution in [0.25, 0.3) is 11.0 Å². The normalized spacial score (nSPS) is 19.1. The first-order valence-corrected chi connectivity index (χ1v) is 8.89. The summed E-state index contributed by atoms with van der Waals surface area (Å²) in [6.07, 6.45) is 7.21. The van der Waals surface area contributed by atoms with E-state index in [4.69, 9.17) is 4.52 Å². The maximum Gasteiger partial charge on any atom is 0.259 e. The van der Waals surface area contributed by atoms with Crippen molar-refractivity contribution in [3.05, 3.63) is 36.1 Å². The number of anilines is 1. The minimum Gasteiger partial charge on any atom is -0.364 e. The summed E-state index contributed by atoms with van der Waals surface area (Å²) in [6, 6.07) is 2.01. The molecule has 8 heteroatoms. The van der Waals surface area contributed by atoms with Crippen molar-refractivity contribution in [1.82, 2.24) is 25.0 Å². The zero-order chi connectivity index (χ0) is 17.7. The quantitative estimate of drug-likeness (QED) is 0.758. The van der Waals surface area contributed by atoms with Gasteiger partial charge in [0.25, 0.3) is 5.91 Å². The molecule has 5 rings (SSSR count). The Morgan fingerprint density at radius 3 is 2.92 bits per heavy atom. The molecule has 0 aromatic carbocycles. The van der Waals surface area contributed by atoms with Gasteiger partial charge in [-0.1, -0.05) is 5.16 Å². The van der Waals surface area contributed by atoms with Gasteiger partial charge >= 0.3 is 0 Å². The van der Waals surface area contributed by atoms with Gasteiger partial charge in [-0.2, -0.15) is 0 Å². The number of aryl methyl sites for hydroxylation is 1. The molecule has 1 spiro atoms. The highest BCUT2D eigenvalue weighted by atomic mass is 16.5. The van der Waals surface area contributed by atoms with Crippen molar-refractivity contribution in [2.45, 2.75) is 19.8 Å². The Hall–Kier alpha value is -2.90. The molecular weight excluding hydrogens is 332 g/mol. The van der Waals surface area contributed by atoms with E-state index in [2.05, 4.69) is 25.0 Å². The van der Waals surface area contributed by atoms with Gasteiger partial charge in [0.2, 0.25) is 0 Å². The molecule has 1 saturated heterocycles. The maximum atomic E-state index is 12.9. The molecule has 0 radical (unpaired) electrons. The van der Waals surface area contributed by atoms with Gasteiger partial charge in [0, 0.05) is 37.8 Å². The SMILES string of the molecule is Cc1nocc1C(=O)N1CCN(c2ncnc3[nH]ccc23)CC2(CC2)C1. The summed E-state index contributed by atoms with van der Waals surface area (Å²) in [7, 11) is 0. The fourth-order valence-corrected chi connectivity index (χ4v) is 3.89. The molecule has 1 aliphatic heterocycles. The van der Waals surface area contributed by atoms with Gasteiger partial charge in [0.15, 0.2) is 0 Å². The van der Waals surface area contributed by atoms with E-state index in [0.29, 0.717) is 17.8 Å². The van der Waals surface area contributed by atoms with E-state index in [1.54, 1.807) is 13.3 Å². The minimum atomic E-state index is 0.00588. The van der Waals surface area contributed by atoms with E-state index in [0.717, 1.165) is 49.3 Å². The summed E-state index contributed by atoms with van der Waals surface area (Å²) >= 11 is 0. The lowest BCUT2D eigenvalue weighted by atomic mass is 10.1. The Kier molecular flexibility index (Phi) is 3.28. The third kappa shape index (κ3) is 2.44. The number of H-pyrrole nitrogens is 1. The lowest BCUT2D eigenvalue weighted by Gasteiger charge is -2.25. The topological polar surface area (TPSA) is 91.2 Å². The summed E-state index contributed by atoms with van der Waals surface area (Å²) < 4.78 is 4.96. The maximum absolute atomic E-state index is 12.9. The number of rotatable bonds is 2.